The number of aliphatic hydroxyl groups excluding tert-OH is 1. The average molecular weight is 519 g/mol. The standard InChI is InChI=1S/C22H28ClN5O3.2ClH/c23-16-9-17(15-11-26-28(12-15)13-21-30-7-8-31-21)22-19(10-16)25-14-27(22)6-2-3-18-20(29)4-1-5-24-18;;/h9-12,14,18,20-21,24,29H,1-8,13H2;2*1H/t18-,20+;;/m1../s1. The van der Waals surface area contributed by atoms with Gasteiger partial charge in [0.1, 0.15) is 0 Å². The molecule has 1 aromatic carbocycles. The first-order chi connectivity index (χ1) is 15.2. The highest BCUT2D eigenvalue weighted by atomic mass is 35.5. The number of nitrogens with zero attached hydrogens (tertiary/aromatic N) is 4. The van der Waals surface area contributed by atoms with Gasteiger partial charge in [0.05, 0.1) is 49.4 Å². The molecule has 5 rings (SSSR count). The Morgan fingerprint density at radius 1 is 1.21 bits per heavy atom. The molecule has 0 spiro atoms. The van der Waals surface area contributed by atoms with Crippen LogP contribution in [0.5, 0.6) is 0 Å². The minimum Gasteiger partial charge on any atom is -0.392 e. The molecular weight excluding hydrogens is 489 g/mol. The highest BCUT2D eigenvalue weighted by Crippen LogP contribution is 2.32. The van der Waals surface area contributed by atoms with Gasteiger partial charge in [-0.25, -0.2) is 4.98 Å². The van der Waals surface area contributed by atoms with Crippen LogP contribution in [0.2, 0.25) is 5.02 Å². The van der Waals surface area contributed by atoms with Crippen LogP contribution >= 0.6 is 36.4 Å². The Kier molecular flexibility index (Phi) is 9.41. The van der Waals surface area contributed by atoms with E-state index in [0.29, 0.717) is 24.8 Å². The molecule has 3 aromatic rings. The number of halogens is 3. The number of imidazole rings is 1. The second-order valence-electron chi connectivity index (χ2n) is 8.29. The number of ether oxygens (including phenoxy) is 2. The predicted octanol–water partition coefficient (Wildman–Crippen LogP) is 3.66. The third-order valence-electron chi connectivity index (χ3n) is 6.11. The molecule has 33 heavy (non-hydrogen) atoms. The SMILES string of the molecule is Cl.Cl.O[C@H]1CCCN[C@@H]1CCCn1cnc2cc(Cl)cc(-c3cnn(CC4OCCO4)c3)c21. The molecule has 0 unspecified atom stereocenters. The highest BCUT2D eigenvalue weighted by Gasteiger charge is 2.22. The van der Waals surface area contributed by atoms with Crippen LogP contribution in [-0.4, -0.2) is 62.6 Å². The Bertz CT molecular complexity index is 1040. The molecule has 2 N–H and O–H groups in total. The molecule has 8 nitrogen and oxygen atoms in total. The number of hydrogen-bond donors (Lipinski definition) is 2. The lowest BCUT2D eigenvalue weighted by atomic mass is 9.97. The van der Waals surface area contributed by atoms with Crippen LogP contribution in [-0.2, 0) is 22.6 Å². The Labute approximate surface area is 210 Å². The summed E-state index contributed by atoms with van der Waals surface area (Å²) >= 11 is 6.40. The summed E-state index contributed by atoms with van der Waals surface area (Å²) in [6.07, 6.45) is 9.04. The molecule has 4 heterocycles. The van der Waals surface area contributed by atoms with E-state index in [1.807, 2.05) is 35.5 Å². The normalized spacial score (nSPS) is 21.2. The van der Waals surface area contributed by atoms with E-state index in [1.54, 1.807) is 0 Å². The molecule has 11 heteroatoms. The maximum atomic E-state index is 10.2. The van der Waals surface area contributed by atoms with Gasteiger partial charge in [-0.15, -0.1) is 24.8 Å². The van der Waals surface area contributed by atoms with E-state index >= 15 is 0 Å². The van der Waals surface area contributed by atoms with Crippen molar-refractivity contribution in [3.05, 3.63) is 35.9 Å². The van der Waals surface area contributed by atoms with E-state index in [9.17, 15) is 5.11 Å². The molecule has 0 amide bonds. The van der Waals surface area contributed by atoms with Gasteiger partial charge in [0.2, 0.25) is 0 Å². The summed E-state index contributed by atoms with van der Waals surface area (Å²) in [5.74, 6) is 0. The number of hydrogen-bond acceptors (Lipinski definition) is 6. The van der Waals surface area contributed by atoms with Crippen molar-refractivity contribution in [2.75, 3.05) is 19.8 Å². The number of fused-ring (bicyclic) bond motifs is 1. The van der Waals surface area contributed by atoms with Crippen molar-refractivity contribution in [1.82, 2.24) is 24.6 Å². The first-order valence-corrected chi connectivity index (χ1v) is 11.4. The topological polar surface area (TPSA) is 86.4 Å². The Balaban J connectivity index is 0.00000153. The number of aryl methyl sites for hydroxylation is 1. The number of nitrogens with one attached hydrogen (secondary N) is 1. The van der Waals surface area contributed by atoms with Crippen molar-refractivity contribution in [3.63, 3.8) is 0 Å². The predicted molar refractivity (Wildman–Crippen MR) is 132 cm³/mol. The zero-order chi connectivity index (χ0) is 21.2. The van der Waals surface area contributed by atoms with Gasteiger partial charge in [0.15, 0.2) is 6.29 Å². The quantitative estimate of drug-likeness (QED) is 0.496. The Hall–Kier alpha value is -1.39. The van der Waals surface area contributed by atoms with Gasteiger partial charge in [-0.1, -0.05) is 11.6 Å². The van der Waals surface area contributed by atoms with Gasteiger partial charge >= 0.3 is 0 Å². The van der Waals surface area contributed by atoms with E-state index in [4.69, 9.17) is 21.1 Å². The molecular formula is C22H30Cl3N5O3. The molecule has 2 atom stereocenters. The van der Waals surface area contributed by atoms with E-state index in [0.717, 1.165) is 60.9 Å². The molecule has 2 saturated heterocycles. The van der Waals surface area contributed by atoms with Crippen LogP contribution in [0.3, 0.4) is 0 Å². The molecule has 2 aliphatic heterocycles. The fraction of sp³-hybridized carbons (Fsp3) is 0.545. The summed E-state index contributed by atoms with van der Waals surface area (Å²) in [6.45, 7) is 3.62. The first kappa shape index (κ1) is 26.2. The Morgan fingerprint density at radius 3 is 2.82 bits per heavy atom. The van der Waals surface area contributed by atoms with Gasteiger partial charge in [-0.3, -0.25) is 4.68 Å². The van der Waals surface area contributed by atoms with Crippen molar-refractivity contribution < 1.29 is 14.6 Å². The maximum absolute atomic E-state index is 10.2. The average Bonchev–Trinajstić information content (AvgIpc) is 3.51. The number of rotatable bonds is 7. The van der Waals surface area contributed by atoms with Crippen LogP contribution in [0, 0.1) is 0 Å². The third kappa shape index (κ3) is 6.00. The lowest BCUT2D eigenvalue weighted by Gasteiger charge is -2.29. The van der Waals surface area contributed by atoms with Crippen LogP contribution in [0.1, 0.15) is 25.7 Å². The smallest absolute Gasteiger partial charge is 0.177 e. The van der Waals surface area contributed by atoms with Crippen LogP contribution in [0.15, 0.2) is 30.9 Å². The number of aliphatic hydroxyl groups is 1. The number of aromatic nitrogens is 4. The van der Waals surface area contributed by atoms with Gasteiger partial charge in [0, 0.05) is 34.9 Å². The molecule has 0 radical (unpaired) electrons. The van der Waals surface area contributed by atoms with Crippen molar-refractivity contribution in [2.45, 2.75) is 57.2 Å². The van der Waals surface area contributed by atoms with E-state index in [-0.39, 0.29) is 43.2 Å². The minimum atomic E-state index is -0.249. The molecule has 182 valence electrons. The van der Waals surface area contributed by atoms with E-state index in [1.165, 1.54) is 0 Å². The Morgan fingerprint density at radius 2 is 2.03 bits per heavy atom. The summed E-state index contributed by atoms with van der Waals surface area (Å²) in [7, 11) is 0. The second kappa shape index (κ2) is 11.8. The summed E-state index contributed by atoms with van der Waals surface area (Å²) < 4.78 is 15.1. The van der Waals surface area contributed by atoms with Gasteiger partial charge < -0.3 is 24.5 Å². The molecule has 2 fully saturated rings. The molecule has 0 aliphatic carbocycles. The van der Waals surface area contributed by atoms with Gasteiger partial charge in [0.25, 0.3) is 0 Å². The zero-order valence-electron chi connectivity index (χ0n) is 18.2. The van der Waals surface area contributed by atoms with Gasteiger partial charge in [-0.2, -0.15) is 5.10 Å². The van der Waals surface area contributed by atoms with Gasteiger partial charge in [-0.05, 0) is 44.4 Å². The minimum absolute atomic E-state index is 0. The van der Waals surface area contributed by atoms with Crippen molar-refractivity contribution in [2.24, 2.45) is 0 Å². The molecule has 2 aromatic heterocycles. The number of piperidine rings is 1. The molecule has 0 saturated carbocycles. The molecule has 2 aliphatic rings. The maximum Gasteiger partial charge on any atom is 0.177 e. The molecule has 0 bridgehead atoms. The largest absolute Gasteiger partial charge is 0.392 e. The first-order valence-electron chi connectivity index (χ1n) is 11.0. The van der Waals surface area contributed by atoms with Crippen LogP contribution in [0.25, 0.3) is 22.2 Å². The van der Waals surface area contributed by atoms with Crippen molar-refractivity contribution in [3.8, 4) is 11.1 Å². The second-order valence-corrected chi connectivity index (χ2v) is 8.73. The van der Waals surface area contributed by atoms with Crippen molar-refractivity contribution in [1.29, 1.82) is 0 Å². The fourth-order valence-corrected chi connectivity index (χ4v) is 4.76. The van der Waals surface area contributed by atoms with E-state index in [2.05, 4.69) is 20.0 Å². The summed E-state index contributed by atoms with van der Waals surface area (Å²) in [5, 5.41) is 18.8. The lowest BCUT2D eigenvalue weighted by molar-refractivity contribution is -0.0545. The van der Waals surface area contributed by atoms with Crippen LogP contribution < -0.4 is 5.32 Å². The van der Waals surface area contributed by atoms with Crippen molar-refractivity contribution >= 4 is 47.4 Å². The number of benzene rings is 1. The third-order valence-corrected chi connectivity index (χ3v) is 6.33. The fourth-order valence-electron chi connectivity index (χ4n) is 4.54. The summed E-state index contributed by atoms with van der Waals surface area (Å²) in [5.41, 5.74) is 3.91. The van der Waals surface area contributed by atoms with Crippen LogP contribution in [0.4, 0.5) is 0 Å². The van der Waals surface area contributed by atoms with E-state index < -0.39 is 0 Å². The summed E-state index contributed by atoms with van der Waals surface area (Å²) in [6, 6.07) is 4.04. The highest BCUT2D eigenvalue weighted by molar-refractivity contribution is 6.31. The zero-order valence-corrected chi connectivity index (χ0v) is 20.6. The lowest BCUT2D eigenvalue weighted by Crippen LogP contribution is -2.44. The monoisotopic (exact) mass is 517 g/mol. The summed E-state index contributed by atoms with van der Waals surface area (Å²) in [4.78, 5) is 4.58.